The molecule has 0 aliphatic carbocycles. The maximum Gasteiger partial charge on any atom is 0.243 e. The van der Waals surface area contributed by atoms with Crippen LogP contribution < -0.4 is 0 Å². The monoisotopic (exact) mass is 427 g/mol. The van der Waals surface area contributed by atoms with Gasteiger partial charge in [-0.05, 0) is 51.0 Å². The fourth-order valence-corrected chi connectivity index (χ4v) is 5.62. The molecule has 0 bridgehead atoms. The molecule has 2 heterocycles. The first-order valence-corrected chi connectivity index (χ1v) is 12.0. The lowest BCUT2D eigenvalue weighted by Gasteiger charge is -2.31. The maximum absolute atomic E-state index is 13.0. The number of piperidine rings is 1. The lowest BCUT2D eigenvalue weighted by atomic mass is 9.97. The van der Waals surface area contributed by atoms with Crippen molar-refractivity contribution in [2.45, 2.75) is 44.0 Å². The van der Waals surface area contributed by atoms with E-state index in [9.17, 15) is 8.42 Å². The van der Waals surface area contributed by atoms with Crippen LogP contribution in [0, 0.1) is 6.92 Å². The first kappa shape index (κ1) is 21.0. The normalized spacial score (nSPS) is 16.3. The summed E-state index contributed by atoms with van der Waals surface area (Å²) in [6.45, 7) is 7.06. The van der Waals surface area contributed by atoms with Crippen molar-refractivity contribution in [1.82, 2.24) is 13.9 Å². The van der Waals surface area contributed by atoms with Gasteiger partial charge in [0.2, 0.25) is 10.0 Å². The van der Waals surface area contributed by atoms with E-state index in [0.29, 0.717) is 31.2 Å². The number of hydrogen-bond donors (Lipinski definition) is 0. The van der Waals surface area contributed by atoms with E-state index >= 15 is 0 Å². The third kappa shape index (κ3) is 4.15. The number of nitrogens with zero attached hydrogens (tertiary/aromatic N) is 3. The number of ether oxygens (including phenoxy) is 1. The number of aromatic nitrogens is 2. The van der Waals surface area contributed by atoms with Gasteiger partial charge in [0.05, 0.1) is 22.5 Å². The Morgan fingerprint density at radius 1 is 1.07 bits per heavy atom. The van der Waals surface area contributed by atoms with Crippen LogP contribution >= 0.6 is 0 Å². The molecule has 30 heavy (non-hydrogen) atoms. The van der Waals surface area contributed by atoms with Crippen LogP contribution in [0.15, 0.2) is 53.4 Å². The number of fused-ring (bicyclic) bond motifs is 1. The fourth-order valence-electron chi connectivity index (χ4n) is 4.15. The smallest absolute Gasteiger partial charge is 0.243 e. The Balaban J connectivity index is 1.53. The van der Waals surface area contributed by atoms with E-state index in [1.807, 2.05) is 44.2 Å². The van der Waals surface area contributed by atoms with Crippen molar-refractivity contribution in [2.24, 2.45) is 0 Å². The highest BCUT2D eigenvalue weighted by Gasteiger charge is 2.32. The molecule has 0 spiro atoms. The van der Waals surface area contributed by atoms with Crippen molar-refractivity contribution in [3.63, 3.8) is 0 Å². The van der Waals surface area contributed by atoms with Gasteiger partial charge in [0, 0.05) is 32.2 Å². The highest BCUT2D eigenvalue weighted by molar-refractivity contribution is 7.89. The second-order valence-electron chi connectivity index (χ2n) is 7.80. The SMILES string of the molecule is CCOCCn1c(C2CCN(S(=O)(=O)c3ccc(C)cc3)CC2)nc2ccccc21. The zero-order valence-electron chi connectivity index (χ0n) is 17.6. The molecule has 3 aromatic rings. The summed E-state index contributed by atoms with van der Waals surface area (Å²) < 4.78 is 35.5. The third-order valence-corrected chi connectivity index (χ3v) is 7.74. The lowest BCUT2D eigenvalue weighted by molar-refractivity contribution is 0.138. The minimum absolute atomic E-state index is 0.239. The number of benzene rings is 2. The van der Waals surface area contributed by atoms with Gasteiger partial charge in [-0.3, -0.25) is 0 Å². The molecule has 160 valence electrons. The molecule has 6 nitrogen and oxygen atoms in total. The Labute approximate surface area is 178 Å². The summed E-state index contributed by atoms with van der Waals surface area (Å²) in [5.74, 6) is 1.28. The fraction of sp³-hybridized carbons (Fsp3) is 0.435. The summed E-state index contributed by atoms with van der Waals surface area (Å²) in [6.07, 6.45) is 1.53. The van der Waals surface area contributed by atoms with Crippen LogP contribution in [0.3, 0.4) is 0 Å². The van der Waals surface area contributed by atoms with Crippen molar-refractivity contribution in [3.8, 4) is 0 Å². The summed E-state index contributed by atoms with van der Waals surface area (Å²) >= 11 is 0. The van der Waals surface area contributed by atoms with Gasteiger partial charge in [-0.2, -0.15) is 4.31 Å². The highest BCUT2D eigenvalue weighted by atomic mass is 32.2. The molecule has 1 aromatic heterocycles. The van der Waals surface area contributed by atoms with Crippen LogP contribution in [0.25, 0.3) is 11.0 Å². The molecule has 7 heteroatoms. The molecular formula is C23H29N3O3S. The quantitative estimate of drug-likeness (QED) is 0.536. The molecule has 0 atom stereocenters. The van der Waals surface area contributed by atoms with Gasteiger partial charge < -0.3 is 9.30 Å². The van der Waals surface area contributed by atoms with Crippen molar-refractivity contribution >= 4 is 21.1 Å². The Morgan fingerprint density at radius 2 is 1.77 bits per heavy atom. The summed E-state index contributed by atoms with van der Waals surface area (Å²) in [5.41, 5.74) is 3.15. The van der Waals surface area contributed by atoms with Crippen LogP contribution in [0.5, 0.6) is 0 Å². The topological polar surface area (TPSA) is 64.4 Å². The number of hydrogen-bond acceptors (Lipinski definition) is 4. The summed E-state index contributed by atoms with van der Waals surface area (Å²) in [4.78, 5) is 5.28. The average Bonchev–Trinajstić information content (AvgIpc) is 3.13. The van der Waals surface area contributed by atoms with Crippen molar-refractivity contribution in [2.75, 3.05) is 26.3 Å². The Hall–Kier alpha value is -2.22. The number of rotatable bonds is 7. The van der Waals surface area contributed by atoms with E-state index in [1.54, 1.807) is 16.4 Å². The van der Waals surface area contributed by atoms with Gasteiger partial charge in [-0.1, -0.05) is 29.8 Å². The maximum atomic E-state index is 13.0. The predicted octanol–water partition coefficient (Wildman–Crippen LogP) is 3.95. The summed E-state index contributed by atoms with van der Waals surface area (Å²) in [5, 5.41) is 0. The largest absolute Gasteiger partial charge is 0.380 e. The predicted molar refractivity (Wildman–Crippen MR) is 118 cm³/mol. The molecule has 1 fully saturated rings. The second-order valence-corrected chi connectivity index (χ2v) is 9.74. The zero-order chi connectivity index (χ0) is 21.1. The summed E-state index contributed by atoms with van der Waals surface area (Å²) in [7, 11) is -3.45. The summed E-state index contributed by atoms with van der Waals surface area (Å²) in [6, 6.07) is 15.3. The molecule has 4 rings (SSSR count). The van der Waals surface area contributed by atoms with E-state index in [-0.39, 0.29) is 5.92 Å². The number of imidazole rings is 1. The minimum atomic E-state index is -3.45. The zero-order valence-corrected chi connectivity index (χ0v) is 18.4. The van der Waals surface area contributed by atoms with Crippen LogP contribution in [0.4, 0.5) is 0 Å². The molecule has 0 unspecified atom stereocenters. The van der Waals surface area contributed by atoms with Crippen LogP contribution in [0.1, 0.15) is 37.1 Å². The number of aryl methyl sites for hydroxylation is 1. The van der Waals surface area contributed by atoms with E-state index in [2.05, 4.69) is 10.6 Å². The van der Waals surface area contributed by atoms with Gasteiger partial charge in [0.25, 0.3) is 0 Å². The molecular weight excluding hydrogens is 398 g/mol. The van der Waals surface area contributed by atoms with Gasteiger partial charge in [0.15, 0.2) is 0 Å². The first-order valence-electron chi connectivity index (χ1n) is 10.6. The van der Waals surface area contributed by atoms with Crippen molar-refractivity contribution in [3.05, 3.63) is 59.9 Å². The molecule has 2 aromatic carbocycles. The minimum Gasteiger partial charge on any atom is -0.380 e. The standard InChI is InChI=1S/C23H29N3O3S/c1-3-29-17-16-26-22-7-5-4-6-21(22)24-23(26)19-12-14-25(15-13-19)30(27,28)20-10-8-18(2)9-11-20/h4-11,19H,3,12-17H2,1-2H3. The van der Waals surface area contributed by atoms with E-state index in [0.717, 1.165) is 41.8 Å². The Morgan fingerprint density at radius 3 is 2.47 bits per heavy atom. The Kier molecular flexibility index (Phi) is 6.22. The molecule has 1 saturated heterocycles. The van der Waals surface area contributed by atoms with Crippen molar-refractivity contribution < 1.29 is 13.2 Å². The first-order chi connectivity index (χ1) is 14.5. The van der Waals surface area contributed by atoms with Crippen LogP contribution in [-0.2, 0) is 21.3 Å². The van der Waals surface area contributed by atoms with E-state index in [1.165, 1.54) is 0 Å². The average molecular weight is 428 g/mol. The third-order valence-electron chi connectivity index (χ3n) is 5.83. The van der Waals surface area contributed by atoms with E-state index in [4.69, 9.17) is 9.72 Å². The van der Waals surface area contributed by atoms with E-state index < -0.39 is 10.0 Å². The molecule has 0 N–H and O–H groups in total. The number of sulfonamides is 1. The van der Waals surface area contributed by atoms with Gasteiger partial charge >= 0.3 is 0 Å². The molecule has 0 saturated carbocycles. The molecule has 1 aliphatic heterocycles. The Bertz CT molecular complexity index is 1100. The number of para-hydroxylation sites is 2. The molecule has 0 amide bonds. The van der Waals surface area contributed by atoms with Crippen LogP contribution in [0.2, 0.25) is 0 Å². The van der Waals surface area contributed by atoms with Crippen LogP contribution in [-0.4, -0.2) is 48.6 Å². The molecule has 0 radical (unpaired) electrons. The van der Waals surface area contributed by atoms with Gasteiger partial charge in [-0.15, -0.1) is 0 Å². The van der Waals surface area contributed by atoms with Gasteiger partial charge in [0.1, 0.15) is 5.82 Å². The highest BCUT2D eigenvalue weighted by Crippen LogP contribution is 2.32. The molecule has 1 aliphatic rings. The van der Waals surface area contributed by atoms with Gasteiger partial charge in [-0.25, -0.2) is 13.4 Å². The van der Waals surface area contributed by atoms with Crippen molar-refractivity contribution in [1.29, 1.82) is 0 Å². The lowest BCUT2D eigenvalue weighted by Crippen LogP contribution is -2.38. The second kappa shape index (κ2) is 8.88.